The first kappa shape index (κ1) is 17.0. The van der Waals surface area contributed by atoms with Crippen molar-refractivity contribution in [1.82, 2.24) is 39.1 Å². The molecule has 11 heteroatoms. The molecule has 0 saturated heterocycles. The second kappa shape index (κ2) is 6.19. The first-order chi connectivity index (χ1) is 14.0. The molecule has 1 aromatic carbocycles. The lowest BCUT2D eigenvalue weighted by atomic mass is 10.3. The van der Waals surface area contributed by atoms with E-state index in [0.29, 0.717) is 22.8 Å². The summed E-state index contributed by atoms with van der Waals surface area (Å²) in [5.74, 6) is 0.277. The molecule has 0 spiro atoms. The van der Waals surface area contributed by atoms with Gasteiger partial charge in [-0.3, -0.25) is 0 Å². The van der Waals surface area contributed by atoms with Crippen LogP contribution in [0.5, 0.6) is 0 Å². The Bertz CT molecular complexity index is 1370. The number of hydrogen-bond donors (Lipinski definition) is 0. The van der Waals surface area contributed by atoms with Gasteiger partial charge in [0.15, 0.2) is 17.1 Å². The van der Waals surface area contributed by atoms with Gasteiger partial charge in [-0.15, -0.1) is 5.10 Å². The molecule has 1 unspecified atom stereocenters. The van der Waals surface area contributed by atoms with E-state index in [4.69, 9.17) is 0 Å². The molecule has 5 rings (SSSR count). The number of para-hydroxylation sites is 1. The number of fused-ring (bicyclic) bond motifs is 3. The molecule has 0 aliphatic rings. The van der Waals surface area contributed by atoms with E-state index in [1.54, 1.807) is 33.3 Å². The van der Waals surface area contributed by atoms with Crippen LogP contribution in [-0.2, 0) is 0 Å². The Labute approximate surface area is 163 Å². The highest BCUT2D eigenvalue weighted by Gasteiger charge is 2.24. The topological polar surface area (TPSA) is 122 Å². The number of benzene rings is 1. The van der Waals surface area contributed by atoms with E-state index in [1.165, 1.54) is 6.07 Å². The zero-order valence-corrected chi connectivity index (χ0v) is 15.5. The van der Waals surface area contributed by atoms with Crippen molar-refractivity contribution in [2.75, 3.05) is 0 Å². The molecule has 29 heavy (non-hydrogen) atoms. The first-order valence-corrected chi connectivity index (χ1v) is 8.88. The minimum Gasteiger partial charge on any atom is -0.358 e. The number of aryl methyl sites for hydroxylation is 1. The molecule has 144 valence electrons. The van der Waals surface area contributed by atoms with Crippen LogP contribution >= 0.6 is 0 Å². The van der Waals surface area contributed by atoms with E-state index < -0.39 is 4.92 Å². The second-order valence-electron chi connectivity index (χ2n) is 6.63. The van der Waals surface area contributed by atoms with Gasteiger partial charge in [-0.1, -0.05) is 18.2 Å². The molecule has 0 N–H and O–H groups in total. The van der Waals surface area contributed by atoms with Gasteiger partial charge in [-0.2, -0.15) is 9.78 Å². The molecule has 0 saturated carbocycles. The van der Waals surface area contributed by atoms with Crippen LogP contribution in [0.15, 0.2) is 48.9 Å². The Kier molecular flexibility index (Phi) is 3.63. The van der Waals surface area contributed by atoms with Gasteiger partial charge in [0.2, 0.25) is 0 Å². The van der Waals surface area contributed by atoms with E-state index in [-0.39, 0.29) is 11.9 Å². The van der Waals surface area contributed by atoms with Crippen LogP contribution in [0.25, 0.3) is 22.4 Å². The maximum absolute atomic E-state index is 11.0. The normalized spacial score (nSPS) is 12.6. The van der Waals surface area contributed by atoms with Crippen molar-refractivity contribution < 1.29 is 4.92 Å². The maximum Gasteiger partial charge on any atom is 0.390 e. The number of nitrogens with zero attached hydrogens (tertiary/aromatic N) is 9. The Morgan fingerprint density at radius 2 is 1.93 bits per heavy atom. The van der Waals surface area contributed by atoms with E-state index in [2.05, 4.69) is 25.3 Å². The number of aromatic nitrogens is 8. The lowest BCUT2D eigenvalue weighted by molar-refractivity contribution is -0.389. The third kappa shape index (κ3) is 2.63. The molecular weight excluding hydrogens is 374 g/mol. The fourth-order valence-corrected chi connectivity index (χ4v) is 3.33. The first-order valence-electron chi connectivity index (χ1n) is 8.88. The average molecular weight is 389 g/mol. The highest BCUT2D eigenvalue weighted by Crippen LogP contribution is 2.23. The molecule has 1 atom stereocenters. The van der Waals surface area contributed by atoms with Crippen molar-refractivity contribution >= 4 is 22.5 Å². The summed E-state index contributed by atoms with van der Waals surface area (Å²) in [6.07, 6.45) is 3.29. The molecule has 5 aromatic rings. The van der Waals surface area contributed by atoms with Crippen LogP contribution < -0.4 is 0 Å². The summed E-state index contributed by atoms with van der Waals surface area (Å²) in [6, 6.07) is 10.7. The largest absolute Gasteiger partial charge is 0.390 e. The summed E-state index contributed by atoms with van der Waals surface area (Å²) >= 11 is 0. The number of hydrogen-bond acceptors (Lipinski definition) is 7. The minimum atomic E-state index is -0.515. The Balaban J connectivity index is 1.61. The van der Waals surface area contributed by atoms with Crippen molar-refractivity contribution in [2.24, 2.45) is 0 Å². The molecule has 0 aliphatic heterocycles. The zero-order valence-electron chi connectivity index (χ0n) is 15.5. The van der Waals surface area contributed by atoms with E-state index >= 15 is 0 Å². The van der Waals surface area contributed by atoms with Crippen LogP contribution in [0, 0.1) is 17.0 Å². The highest BCUT2D eigenvalue weighted by molar-refractivity contribution is 5.89. The Morgan fingerprint density at radius 3 is 2.66 bits per heavy atom. The van der Waals surface area contributed by atoms with Crippen LogP contribution in [0.2, 0.25) is 0 Å². The third-order valence-corrected chi connectivity index (χ3v) is 4.76. The van der Waals surface area contributed by atoms with Gasteiger partial charge in [-0.05, 0) is 30.9 Å². The van der Waals surface area contributed by atoms with Gasteiger partial charge in [0.25, 0.3) is 0 Å². The van der Waals surface area contributed by atoms with Gasteiger partial charge < -0.3 is 10.1 Å². The summed E-state index contributed by atoms with van der Waals surface area (Å²) in [4.78, 5) is 19.6. The minimum absolute atomic E-state index is 0.202. The summed E-state index contributed by atoms with van der Waals surface area (Å²) in [5, 5.41) is 24.8. The zero-order chi connectivity index (χ0) is 20.1. The van der Waals surface area contributed by atoms with Gasteiger partial charge >= 0.3 is 5.82 Å². The predicted molar refractivity (Wildman–Crippen MR) is 103 cm³/mol. The van der Waals surface area contributed by atoms with Crippen LogP contribution in [0.4, 0.5) is 5.82 Å². The lowest BCUT2D eigenvalue weighted by Gasteiger charge is -2.05. The van der Waals surface area contributed by atoms with Gasteiger partial charge in [-0.25, -0.2) is 19.2 Å². The van der Waals surface area contributed by atoms with Crippen molar-refractivity contribution in [3.05, 3.63) is 70.6 Å². The van der Waals surface area contributed by atoms with Gasteiger partial charge in [0.05, 0.1) is 34.1 Å². The summed E-state index contributed by atoms with van der Waals surface area (Å²) in [5.41, 5.74) is 2.83. The maximum atomic E-state index is 11.0. The molecule has 0 bridgehead atoms. The SMILES string of the molecule is Cc1cc([N+](=O)[O-])nn1C(C)c1nc2c3cnn(-c4ccccc4)c3ncn2n1. The third-order valence-electron chi connectivity index (χ3n) is 4.76. The van der Waals surface area contributed by atoms with Crippen molar-refractivity contribution in [3.8, 4) is 5.69 Å². The van der Waals surface area contributed by atoms with E-state index in [9.17, 15) is 10.1 Å². The molecule has 11 nitrogen and oxygen atoms in total. The van der Waals surface area contributed by atoms with Crippen LogP contribution in [0.3, 0.4) is 0 Å². The number of nitro groups is 1. The molecule has 4 heterocycles. The summed E-state index contributed by atoms with van der Waals surface area (Å²) in [6.45, 7) is 3.60. The standard InChI is InChI=1S/C18H15N9O2/c1-11-8-15(27(28)29)22-25(11)12(2)16-21-18-14-9-20-26(13-6-4-3-5-7-13)17(14)19-10-24(18)23-16/h3-10,12H,1-2H3. The van der Waals surface area contributed by atoms with Crippen molar-refractivity contribution in [3.63, 3.8) is 0 Å². The average Bonchev–Trinajstić information content (AvgIpc) is 3.43. The Hall–Kier alpha value is -4.15. The summed E-state index contributed by atoms with van der Waals surface area (Å²) in [7, 11) is 0. The van der Waals surface area contributed by atoms with Crippen molar-refractivity contribution in [2.45, 2.75) is 19.9 Å². The molecule has 0 radical (unpaired) electrons. The van der Waals surface area contributed by atoms with E-state index in [1.807, 2.05) is 37.3 Å². The van der Waals surface area contributed by atoms with Gasteiger partial charge in [0.1, 0.15) is 12.4 Å². The monoisotopic (exact) mass is 389 g/mol. The van der Waals surface area contributed by atoms with E-state index in [0.717, 1.165) is 11.1 Å². The molecular formula is C18H15N9O2. The molecule has 0 aliphatic carbocycles. The smallest absolute Gasteiger partial charge is 0.358 e. The molecule has 4 aromatic heterocycles. The van der Waals surface area contributed by atoms with Crippen LogP contribution in [0.1, 0.15) is 24.5 Å². The molecule has 0 fully saturated rings. The number of rotatable bonds is 4. The van der Waals surface area contributed by atoms with Crippen LogP contribution in [-0.4, -0.2) is 44.1 Å². The summed E-state index contributed by atoms with van der Waals surface area (Å²) < 4.78 is 4.87. The molecule has 0 amide bonds. The predicted octanol–water partition coefficient (Wildman–Crippen LogP) is 2.49. The van der Waals surface area contributed by atoms with Gasteiger partial charge in [0, 0.05) is 0 Å². The quantitative estimate of drug-likeness (QED) is 0.342. The second-order valence-corrected chi connectivity index (χ2v) is 6.63. The van der Waals surface area contributed by atoms with Crippen molar-refractivity contribution in [1.29, 1.82) is 0 Å². The Morgan fingerprint density at radius 1 is 1.14 bits per heavy atom. The lowest BCUT2D eigenvalue weighted by Crippen LogP contribution is -2.12. The fraction of sp³-hybridized carbons (Fsp3) is 0.167. The highest BCUT2D eigenvalue weighted by atomic mass is 16.6. The fourth-order valence-electron chi connectivity index (χ4n) is 3.33.